The third kappa shape index (κ3) is 24.6. The lowest BCUT2D eigenvalue weighted by Gasteiger charge is -2.04. The zero-order valence-corrected chi connectivity index (χ0v) is 17.6. The highest BCUT2D eigenvalue weighted by Gasteiger charge is 2.05. The Labute approximate surface area is 166 Å². The number of aliphatic carboxylic acids is 1. The average Bonchev–Trinajstić information content (AvgIpc) is 2.62. The predicted octanol–water partition coefficient (Wildman–Crippen LogP) is 6.59. The van der Waals surface area contributed by atoms with E-state index in [1.165, 1.54) is 77.0 Å². The van der Waals surface area contributed by atoms with E-state index in [-0.39, 0.29) is 19.0 Å². The van der Waals surface area contributed by atoms with Gasteiger partial charge in [0.15, 0.2) is 0 Å². The summed E-state index contributed by atoms with van der Waals surface area (Å²) in [5, 5.41) is 8.47. The predicted molar refractivity (Wildman–Crippen MR) is 112 cm³/mol. The Morgan fingerprint density at radius 3 is 1.74 bits per heavy atom. The maximum Gasteiger partial charge on any atom is 0.306 e. The minimum Gasteiger partial charge on any atom is -0.481 e. The molecular weight excluding hydrogens is 342 g/mol. The van der Waals surface area contributed by atoms with Crippen LogP contribution in [-0.4, -0.2) is 23.7 Å². The lowest BCUT2D eigenvalue weighted by Crippen LogP contribution is -2.08. The van der Waals surface area contributed by atoms with Crippen molar-refractivity contribution in [1.29, 1.82) is 0 Å². The lowest BCUT2D eigenvalue weighted by atomic mass is 10.1. The second-order valence-electron chi connectivity index (χ2n) is 7.05. The Morgan fingerprint density at radius 1 is 0.741 bits per heavy atom. The summed E-state index contributed by atoms with van der Waals surface area (Å²) in [6.07, 6.45) is 22.0. The number of allylic oxidation sites excluding steroid dienone is 2. The molecule has 5 heteroatoms. The number of rotatable bonds is 19. The van der Waals surface area contributed by atoms with Gasteiger partial charge in [0.2, 0.25) is 0 Å². The van der Waals surface area contributed by atoms with Gasteiger partial charge in [0.25, 0.3) is 0 Å². The molecule has 0 fully saturated rings. The van der Waals surface area contributed by atoms with Crippen LogP contribution >= 0.6 is 0 Å². The van der Waals surface area contributed by atoms with Crippen molar-refractivity contribution in [2.45, 2.75) is 110 Å². The normalized spacial score (nSPS) is 10.7. The molecule has 0 rings (SSSR count). The lowest BCUT2D eigenvalue weighted by molar-refractivity contribution is -0.147. The van der Waals surface area contributed by atoms with Gasteiger partial charge in [-0.1, -0.05) is 76.9 Å². The molecule has 0 spiro atoms. The van der Waals surface area contributed by atoms with Gasteiger partial charge in [0.1, 0.15) is 0 Å². The quantitative estimate of drug-likeness (QED) is 0.148. The number of hydrogen-bond donors (Lipinski definition) is 2. The van der Waals surface area contributed by atoms with Gasteiger partial charge >= 0.3 is 11.9 Å². The van der Waals surface area contributed by atoms with E-state index in [2.05, 4.69) is 19.1 Å². The van der Waals surface area contributed by atoms with Crippen molar-refractivity contribution in [3.8, 4) is 0 Å². The van der Waals surface area contributed by atoms with Crippen LogP contribution < -0.4 is 6.15 Å². The Kier molecular flexibility index (Phi) is 23.4. The Morgan fingerprint density at radius 2 is 1.22 bits per heavy atom. The molecule has 0 atom stereocenters. The maximum atomic E-state index is 11.2. The molecule has 5 nitrogen and oxygen atoms in total. The summed E-state index contributed by atoms with van der Waals surface area (Å²) in [5.74, 6) is -1.36. The molecule has 0 saturated heterocycles. The highest BCUT2D eigenvalue weighted by atomic mass is 16.5. The van der Waals surface area contributed by atoms with E-state index >= 15 is 0 Å². The van der Waals surface area contributed by atoms with Gasteiger partial charge < -0.3 is 16.0 Å². The van der Waals surface area contributed by atoms with E-state index in [1.54, 1.807) is 0 Å². The molecule has 27 heavy (non-hydrogen) atoms. The first-order valence-corrected chi connectivity index (χ1v) is 10.7. The van der Waals surface area contributed by atoms with Gasteiger partial charge in [-0.2, -0.15) is 0 Å². The highest BCUT2D eigenvalue weighted by Crippen LogP contribution is 2.10. The van der Waals surface area contributed by atoms with Crippen LogP contribution in [0.25, 0.3) is 0 Å². The largest absolute Gasteiger partial charge is 0.481 e. The van der Waals surface area contributed by atoms with Crippen LogP contribution in [-0.2, 0) is 14.3 Å². The number of carboxylic acid groups (broad SMARTS) is 1. The van der Waals surface area contributed by atoms with E-state index in [0.29, 0.717) is 6.61 Å². The van der Waals surface area contributed by atoms with Crippen molar-refractivity contribution < 1.29 is 19.4 Å². The van der Waals surface area contributed by atoms with E-state index in [9.17, 15) is 9.59 Å². The fourth-order valence-corrected chi connectivity index (χ4v) is 2.82. The molecule has 0 aliphatic heterocycles. The minimum absolute atomic E-state index is 0. The van der Waals surface area contributed by atoms with E-state index in [1.807, 2.05) is 0 Å². The average molecular weight is 386 g/mol. The van der Waals surface area contributed by atoms with Gasteiger partial charge in [0.05, 0.1) is 19.4 Å². The number of carbonyl (C=O) groups excluding carboxylic acids is 1. The van der Waals surface area contributed by atoms with Gasteiger partial charge in [-0.25, -0.2) is 0 Å². The number of hydrogen-bond acceptors (Lipinski definition) is 4. The van der Waals surface area contributed by atoms with E-state index < -0.39 is 11.9 Å². The third-order valence-corrected chi connectivity index (χ3v) is 4.46. The molecule has 0 unspecified atom stereocenters. The smallest absolute Gasteiger partial charge is 0.306 e. The van der Waals surface area contributed by atoms with Crippen molar-refractivity contribution in [1.82, 2.24) is 6.15 Å². The number of ether oxygens (including phenoxy) is 1. The zero-order valence-electron chi connectivity index (χ0n) is 17.6. The molecule has 160 valence electrons. The van der Waals surface area contributed by atoms with Crippen molar-refractivity contribution in [3.05, 3.63) is 12.2 Å². The SMILES string of the molecule is CCCCCCCC/C=C\CCCCCCCCOC(=O)CCC(=O)O.N. The second kappa shape index (κ2) is 22.7. The van der Waals surface area contributed by atoms with E-state index in [0.717, 1.165) is 12.8 Å². The summed E-state index contributed by atoms with van der Waals surface area (Å²) < 4.78 is 5.00. The summed E-state index contributed by atoms with van der Waals surface area (Å²) in [4.78, 5) is 21.5. The van der Waals surface area contributed by atoms with Crippen LogP contribution in [0.5, 0.6) is 0 Å². The van der Waals surface area contributed by atoms with Crippen molar-refractivity contribution >= 4 is 11.9 Å². The standard InChI is InChI=1S/C22H40O4.H3N/c1-2-3-4-5-6-7-8-9-10-11-12-13-14-15-16-17-20-26-22(25)19-18-21(23)24;/h9-10H,2-8,11-20H2,1H3,(H,23,24);1H3/b10-9-;. The molecular formula is C22H43NO4. The molecule has 0 aliphatic rings. The third-order valence-electron chi connectivity index (χ3n) is 4.46. The maximum absolute atomic E-state index is 11.2. The molecule has 0 aromatic rings. The summed E-state index contributed by atoms with van der Waals surface area (Å²) >= 11 is 0. The second-order valence-corrected chi connectivity index (χ2v) is 7.05. The first kappa shape index (κ1) is 27.9. The first-order chi connectivity index (χ1) is 12.7. The number of carbonyl (C=O) groups is 2. The molecule has 4 N–H and O–H groups in total. The fourth-order valence-electron chi connectivity index (χ4n) is 2.82. The van der Waals surface area contributed by atoms with Gasteiger partial charge in [-0.05, 0) is 32.1 Å². The summed E-state index contributed by atoms with van der Waals surface area (Å²) in [6, 6.07) is 0. The molecule has 0 heterocycles. The Hall–Kier alpha value is -1.36. The highest BCUT2D eigenvalue weighted by molar-refractivity contribution is 5.76. The summed E-state index contributed by atoms with van der Waals surface area (Å²) in [6.45, 7) is 2.67. The van der Waals surface area contributed by atoms with Gasteiger partial charge in [0, 0.05) is 0 Å². The van der Waals surface area contributed by atoms with Crippen molar-refractivity contribution in [2.75, 3.05) is 6.61 Å². The number of esters is 1. The Bertz CT molecular complexity index is 369. The van der Waals surface area contributed by atoms with Crippen molar-refractivity contribution in [3.63, 3.8) is 0 Å². The van der Waals surface area contributed by atoms with Crippen LogP contribution in [0.15, 0.2) is 12.2 Å². The number of unbranched alkanes of at least 4 members (excludes halogenated alkanes) is 12. The molecule has 0 saturated carbocycles. The van der Waals surface area contributed by atoms with Crippen LogP contribution in [0.2, 0.25) is 0 Å². The fraction of sp³-hybridized carbons (Fsp3) is 0.818. The molecule has 0 aliphatic carbocycles. The summed E-state index contributed by atoms with van der Waals surface area (Å²) in [7, 11) is 0. The Balaban J connectivity index is 0. The van der Waals surface area contributed by atoms with Crippen LogP contribution in [0, 0.1) is 0 Å². The molecule has 0 amide bonds. The molecule has 0 aromatic carbocycles. The first-order valence-electron chi connectivity index (χ1n) is 10.7. The van der Waals surface area contributed by atoms with Crippen LogP contribution in [0.1, 0.15) is 110 Å². The topological polar surface area (TPSA) is 98.6 Å². The molecule has 0 bridgehead atoms. The van der Waals surface area contributed by atoms with Crippen molar-refractivity contribution in [2.24, 2.45) is 0 Å². The molecule has 0 aromatic heterocycles. The summed E-state index contributed by atoms with van der Waals surface area (Å²) in [5.41, 5.74) is 0. The molecule has 0 radical (unpaired) electrons. The van der Waals surface area contributed by atoms with Crippen LogP contribution in [0.4, 0.5) is 0 Å². The van der Waals surface area contributed by atoms with E-state index in [4.69, 9.17) is 9.84 Å². The minimum atomic E-state index is -0.959. The monoisotopic (exact) mass is 385 g/mol. The van der Waals surface area contributed by atoms with Gasteiger partial charge in [-0.3, -0.25) is 9.59 Å². The van der Waals surface area contributed by atoms with Crippen LogP contribution in [0.3, 0.4) is 0 Å². The zero-order chi connectivity index (χ0) is 19.3. The van der Waals surface area contributed by atoms with Gasteiger partial charge in [-0.15, -0.1) is 0 Å². The number of carboxylic acids is 1.